The monoisotopic (exact) mass is 467 g/mol. The van der Waals surface area contributed by atoms with Gasteiger partial charge in [-0.25, -0.2) is 0 Å². The van der Waals surface area contributed by atoms with Crippen molar-refractivity contribution in [2.24, 2.45) is 46.8 Å². The lowest BCUT2D eigenvalue weighted by molar-refractivity contribution is -0.0718. The summed E-state index contributed by atoms with van der Waals surface area (Å²) in [5, 5.41) is 10.2. The van der Waals surface area contributed by atoms with Gasteiger partial charge >= 0.3 is 0 Å². The standard InChI is InChI=1S/C33H57N/c1-3-5-7-9-11-14-26-15-13-16-30-28(26)19-20-31-29-21-23-33(25-34,22-12-10-8-6-4-2)24-27(29)17-18-32(30)31/h26-32H,3-24H2,1-2H3. The molecule has 0 N–H and O–H groups in total. The second-order valence-electron chi connectivity index (χ2n) is 13.4. The molecule has 0 aliphatic heterocycles. The molecule has 4 fully saturated rings. The molecule has 34 heavy (non-hydrogen) atoms. The molecule has 4 rings (SSSR count). The number of nitriles is 1. The summed E-state index contributed by atoms with van der Waals surface area (Å²) >= 11 is 0. The van der Waals surface area contributed by atoms with Gasteiger partial charge in [0.15, 0.2) is 0 Å². The van der Waals surface area contributed by atoms with Crippen LogP contribution in [-0.2, 0) is 0 Å². The molecule has 4 saturated carbocycles. The summed E-state index contributed by atoms with van der Waals surface area (Å²) in [5.41, 5.74) is 0.0329. The molecule has 0 radical (unpaired) electrons. The zero-order chi connectivity index (χ0) is 23.8. The molecule has 1 heteroatoms. The predicted octanol–water partition coefficient (Wildman–Crippen LogP) is 10.5. The quantitative estimate of drug-likeness (QED) is 0.262. The molecule has 0 bridgehead atoms. The van der Waals surface area contributed by atoms with E-state index in [0.717, 1.165) is 41.4 Å². The second kappa shape index (κ2) is 13.2. The molecule has 4 aliphatic carbocycles. The number of hydrogen-bond donors (Lipinski definition) is 0. The van der Waals surface area contributed by atoms with Gasteiger partial charge in [-0.3, -0.25) is 0 Å². The summed E-state index contributed by atoms with van der Waals surface area (Å²) in [6.45, 7) is 4.63. The van der Waals surface area contributed by atoms with Gasteiger partial charge in [0, 0.05) is 0 Å². The van der Waals surface area contributed by atoms with Gasteiger partial charge in [0.05, 0.1) is 11.5 Å². The molecule has 0 aromatic rings. The maximum absolute atomic E-state index is 10.2. The van der Waals surface area contributed by atoms with Crippen molar-refractivity contribution in [3.05, 3.63) is 0 Å². The van der Waals surface area contributed by atoms with Crippen LogP contribution in [0.1, 0.15) is 155 Å². The largest absolute Gasteiger partial charge is 0.198 e. The van der Waals surface area contributed by atoms with Gasteiger partial charge in [0.25, 0.3) is 0 Å². The van der Waals surface area contributed by atoms with Crippen molar-refractivity contribution in [1.29, 1.82) is 5.26 Å². The van der Waals surface area contributed by atoms with Crippen LogP contribution in [0.3, 0.4) is 0 Å². The Morgan fingerprint density at radius 3 is 2.06 bits per heavy atom. The minimum atomic E-state index is 0.0329. The summed E-state index contributed by atoms with van der Waals surface area (Å²) < 4.78 is 0. The number of fused-ring (bicyclic) bond motifs is 5. The highest BCUT2D eigenvalue weighted by Crippen LogP contribution is 2.60. The number of unbranched alkanes of at least 4 members (excludes halogenated alkanes) is 8. The Hall–Kier alpha value is -0.510. The van der Waals surface area contributed by atoms with Crippen LogP contribution in [0.2, 0.25) is 0 Å². The lowest BCUT2D eigenvalue weighted by Crippen LogP contribution is -2.49. The highest BCUT2D eigenvalue weighted by Gasteiger charge is 2.52. The van der Waals surface area contributed by atoms with E-state index in [1.807, 2.05) is 0 Å². The molecule has 8 unspecified atom stereocenters. The lowest BCUT2D eigenvalue weighted by atomic mass is 9.48. The van der Waals surface area contributed by atoms with Crippen LogP contribution in [-0.4, -0.2) is 0 Å². The highest BCUT2D eigenvalue weighted by molar-refractivity contribution is 5.07. The Bertz CT molecular complexity index is 633. The minimum Gasteiger partial charge on any atom is -0.198 e. The fourth-order valence-corrected chi connectivity index (χ4v) is 9.79. The molecule has 194 valence electrons. The molecule has 0 saturated heterocycles. The molecule has 0 aromatic heterocycles. The smallest absolute Gasteiger partial charge is 0.0689 e. The third kappa shape index (κ3) is 6.24. The van der Waals surface area contributed by atoms with Gasteiger partial charge in [-0.2, -0.15) is 5.26 Å². The van der Waals surface area contributed by atoms with E-state index in [0.29, 0.717) is 0 Å². The fourth-order valence-electron chi connectivity index (χ4n) is 9.79. The average Bonchev–Trinajstić information content (AvgIpc) is 2.88. The van der Waals surface area contributed by atoms with E-state index >= 15 is 0 Å². The first-order valence-electron chi connectivity index (χ1n) is 16.1. The fraction of sp³-hybridized carbons (Fsp3) is 0.970. The van der Waals surface area contributed by atoms with Gasteiger partial charge < -0.3 is 0 Å². The van der Waals surface area contributed by atoms with E-state index in [4.69, 9.17) is 0 Å². The van der Waals surface area contributed by atoms with Crippen LogP contribution in [0.4, 0.5) is 0 Å². The van der Waals surface area contributed by atoms with E-state index in [2.05, 4.69) is 19.9 Å². The van der Waals surface area contributed by atoms with Crippen LogP contribution in [0, 0.1) is 58.2 Å². The molecular weight excluding hydrogens is 410 g/mol. The van der Waals surface area contributed by atoms with Crippen molar-refractivity contribution in [3.8, 4) is 6.07 Å². The molecule has 4 aliphatic rings. The molecular formula is C33H57N. The van der Waals surface area contributed by atoms with Crippen molar-refractivity contribution in [1.82, 2.24) is 0 Å². The van der Waals surface area contributed by atoms with Gasteiger partial charge in [-0.1, -0.05) is 97.3 Å². The molecule has 0 amide bonds. The van der Waals surface area contributed by atoms with Gasteiger partial charge in [-0.05, 0) is 99.2 Å². The zero-order valence-electron chi connectivity index (χ0n) is 23.0. The number of nitrogens with zero attached hydrogens (tertiary/aromatic N) is 1. The van der Waals surface area contributed by atoms with Gasteiger partial charge in [-0.15, -0.1) is 0 Å². The summed E-state index contributed by atoms with van der Waals surface area (Å²) in [5.74, 6) is 7.11. The second-order valence-corrected chi connectivity index (χ2v) is 13.4. The summed E-state index contributed by atoms with van der Waals surface area (Å²) in [7, 11) is 0. The van der Waals surface area contributed by atoms with Crippen molar-refractivity contribution in [3.63, 3.8) is 0 Å². The van der Waals surface area contributed by atoms with Gasteiger partial charge in [0.2, 0.25) is 0 Å². The maximum Gasteiger partial charge on any atom is 0.0689 e. The van der Waals surface area contributed by atoms with Crippen molar-refractivity contribution < 1.29 is 0 Å². The molecule has 0 aromatic carbocycles. The Labute approximate surface area is 213 Å². The molecule has 0 spiro atoms. The third-order valence-electron chi connectivity index (χ3n) is 11.5. The Kier molecular flexibility index (Phi) is 10.3. The van der Waals surface area contributed by atoms with E-state index in [9.17, 15) is 5.26 Å². The summed E-state index contributed by atoms with van der Waals surface area (Å²) in [4.78, 5) is 0. The molecule has 0 heterocycles. The van der Waals surface area contributed by atoms with E-state index in [1.165, 1.54) is 122 Å². The maximum atomic E-state index is 10.2. The van der Waals surface area contributed by atoms with E-state index < -0.39 is 0 Å². The first-order valence-corrected chi connectivity index (χ1v) is 16.1. The van der Waals surface area contributed by atoms with Crippen molar-refractivity contribution in [2.75, 3.05) is 0 Å². The first-order chi connectivity index (χ1) is 16.7. The van der Waals surface area contributed by atoms with Crippen LogP contribution in [0.5, 0.6) is 0 Å². The Morgan fingerprint density at radius 1 is 0.647 bits per heavy atom. The van der Waals surface area contributed by atoms with E-state index in [-0.39, 0.29) is 5.41 Å². The van der Waals surface area contributed by atoms with Crippen LogP contribution in [0.15, 0.2) is 0 Å². The highest BCUT2D eigenvalue weighted by atomic mass is 14.6. The number of rotatable bonds is 12. The van der Waals surface area contributed by atoms with Crippen LogP contribution in [0.25, 0.3) is 0 Å². The third-order valence-corrected chi connectivity index (χ3v) is 11.5. The summed E-state index contributed by atoms with van der Waals surface area (Å²) in [6.07, 6.45) is 31.2. The minimum absolute atomic E-state index is 0.0329. The Balaban J connectivity index is 1.30. The topological polar surface area (TPSA) is 23.8 Å². The first kappa shape index (κ1) is 26.6. The summed E-state index contributed by atoms with van der Waals surface area (Å²) in [6, 6.07) is 2.90. The van der Waals surface area contributed by atoms with Crippen LogP contribution >= 0.6 is 0 Å². The Morgan fingerprint density at radius 2 is 1.29 bits per heavy atom. The zero-order valence-corrected chi connectivity index (χ0v) is 23.0. The van der Waals surface area contributed by atoms with Gasteiger partial charge in [0.1, 0.15) is 0 Å². The predicted molar refractivity (Wildman–Crippen MR) is 145 cm³/mol. The average molecular weight is 468 g/mol. The lowest BCUT2D eigenvalue weighted by Gasteiger charge is -2.57. The normalized spacial score (nSPS) is 39.5. The molecule has 8 atom stereocenters. The van der Waals surface area contributed by atoms with Crippen molar-refractivity contribution in [2.45, 2.75) is 155 Å². The van der Waals surface area contributed by atoms with E-state index in [1.54, 1.807) is 19.3 Å². The number of hydrogen-bond acceptors (Lipinski definition) is 1. The van der Waals surface area contributed by atoms with Crippen LogP contribution < -0.4 is 0 Å². The SMILES string of the molecule is CCCCCCCC1CCCC2C1CCC1C3CCC(C#N)(CCCCCCC)CC3CCC21. The molecule has 1 nitrogen and oxygen atoms in total. The van der Waals surface area contributed by atoms with Crippen molar-refractivity contribution >= 4 is 0 Å².